The van der Waals surface area contributed by atoms with E-state index in [0.29, 0.717) is 23.7 Å². The highest BCUT2D eigenvalue weighted by Crippen LogP contribution is 2.42. The van der Waals surface area contributed by atoms with Gasteiger partial charge in [0.2, 0.25) is 5.91 Å². The van der Waals surface area contributed by atoms with E-state index in [0.717, 1.165) is 65.7 Å². The summed E-state index contributed by atoms with van der Waals surface area (Å²) in [5.41, 5.74) is 4.62. The van der Waals surface area contributed by atoms with Crippen molar-refractivity contribution in [2.24, 2.45) is 0 Å². The zero-order valence-corrected chi connectivity index (χ0v) is 22.6. The summed E-state index contributed by atoms with van der Waals surface area (Å²) in [7, 11) is 0. The summed E-state index contributed by atoms with van der Waals surface area (Å²) in [5.74, 6) is -0.989. The smallest absolute Gasteiger partial charge is 0.302 e. The van der Waals surface area contributed by atoms with E-state index in [1.807, 2.05) is 32.0 Å². The number of amides is 1. The Bertz CT molecular complexity index is 1600. The van der Waals surface area contributed by atoms with Gasteiger partial charge in [0.15, 0.2) is 11.6 Å². The molecule has 6 rings (SSSR count). The van der Waals surface area contributed by atoms with Crippen molar-refractivity contribution in [3.8, 4) is 11.1 Å². The van der Waals surface area contributed by atoms with E-state index in [2.05, 4.69) is 9.72 Å². The molecule has 2 aliphatic rings. The van der Waals surface area contributed by atoms with Crippen LogP contribution < -0.4 is 4.90 Å². The van der Waals surface area contributed by atoms with Crippen molar-refractivity contribution in [3.63, 3.8) is 0 Å². The van der Waals surface area contributed by atoms with Crippen LogP contribution in [0.4, 0.5) is 14.5 Å². The molecule has 1 aliphatic carbocycles. The Morgan fingerprint density at radius 1 is 1.02 bits per heavy atom. The largest absolute Gasteiger partial charge is 0.463 e. The number of hydrogen-bond acceptors (Lipinski definition) is 6. The molecule has 208 valence electrons. The van der Waals surface area contributed by atoms with Crippen molar-refractivity contribution in [2.75, 3.05) is 4.90 Å². The highest BCUT2D eigenvalue weighted by Gasteiger charge is 2.39. The van der Waals surface area contributed by atoms with Crippen LogP contribution in [0.1, 0.15) is 74.8 Å². The third-order valence-corrected chi connectivity index (χ3v) is 8.07. The highest BCUT2D eigenvalue weighted by molar-refractivity contribution is 5.96. The van der Waals surface area contributed by atoms with Crippen molar-refractivity contribution in [1.82, 2.24) is 14.7 Å². The first-order valence-corrected chi connectivity index (χ1v) is 13.6. The van der Waals surface area contributed by atoms with E-state index >= 15 is 0 Å². The predicted octanol–water partition coefficient (Wildman–Crippen LogP) is 6.50. The molecule has 1 atom stereocenters. The monoisotopic (exact) mass is 548 g/mol. The molecule has 2 fully saturated rings. The number of nitrogens with zero attached hydrogens (tertiary/aromatic N) is 4. The zero-order chi connectivity index (χ0) is 28.1. The zero-order valence-electron chi connectivity index (χ0n) is 22.6. The third kappa shape index (κ3) is 4.55. The van der Waals surface area contributed by atoms with E-state index in [1.54, 1.807) is 4.90 Å². The van der Waals surface area contributed by atoms with Crippen LogP contribution in [0.5, 0.6) is 0 Å². The lowest BCUT2D eigenvalue weighted by Gasteiger charge is -2.32. The third-order valence-electron chi connectivity index (χ3n) is 8.07. The van der Waals surface area contributed by atoms with Crippen molar-refractivity contribution in [1.29, 1.82) is 0 Å². The second-order valence-corrected chi connectivity index (χ2v) is 10.7. The first kappa shape index (κ1) is 26.2. The molecule has 1 amide bonds. The van der Waals surface area contributed by atoms with Crippen LogP contribution in [0.15, 0.2) is 40.9 Å². The van der Waals surface area contributed by atoms with Crippen molar-refractivity contribution in [3.05, 3.63) is 65.3 Å². The van der Waals surface area contributed by atoms with Crippen molar-refractivity contribution >= 4 is 28.6 Å². The fourth-order valence-corrected chi connectivity index (χ4v) is 6.33. The van der Waals surface area contributed by atoms with Gasteiger partial charge in [0.25, 0.3) is 0 Å². The Labute approximate surface area is 229 Å². The average molecular weight is 549 g/mol. The second-order valence-electron chi connectivity index (χ2n) is 10.7. The molecule has 8 nitrogen and oxygen atoms in total. The maximum Gasteiger partial charge on any atom is 0.302 e. The molecule has 0 unspecified atom stereocenters. The topological polar surface area (TPSA) is 90.5 Å². The average Bonchev–Trinajstić information content (AvgIpc) is 3.59. The number of aromatic nitrogens is 3. The summed E-state index contributed by atoms with van der Waals surface area (Å²) in [6, 6.07) is 9.23. The summed E-state index contributed by atoms with van der Waals surface area (Å²) in [6.07, 6.45) is 3.64. The number of carbonyl (C=O) groups is 2. The minimum atomic E-state index is -1.00. The van der Waals surface area contributed by atoms with Gasteiger partial charge >= 0.3 is 5.97 Å². The van der Waals surface area contributed by atoms with Gasteiger partial charge in [-0.1, -0.05) is 11.2 Å². The molecule has 0 bridgehead atoms. The normalized spacial score (nSPS) is 21.4. The molecule has 1 saturated carbocycles. The molecule has 2 aromatic carbocycles. The summed E-state index contributed by atoms with van der Waals surface area (Å²) in [4.78, 5) is 31.2. The molecular formula is C30H30F2N4O4. The van der Waals surface area contributed by atoms with E-state index in [1.165, 1.54) is 13.0 Å². The van der Waals surface area contributed by atoms with E-state index < -0.39 is 17.7 Å². The number of halogens is 2. The van der Waals surface area contributed by atoms with E-state index in [4.69, 9.17) is 14.2 Å². The lowest BCUT2D eigenvalue weighted by atomic mass is 9.92. The first-order chi connectivity index (χ1) is 19.2. The van der Waals surface area contributed by atoms with Crippen LogP contribution in [-0.4, -0.2) is 32.7 Å². The fourth-order valence-electron chi connectivity index (χ4n) is 6.33. The molecule has 0 radical (unpaired) electrons. The molecule has 0 spiro atoms. The van der Waals surface area contributed by atoms with Gasteiger partial charge in [0.1, 0.15) is 17.7 Å². The lowest BCUT2D eigenvalue weighted by Crippen LogP contribution is -2.31. The number of hydrogen-bond donors (Lipinski definition) is 0. The first-order valence-electron chi connectivity index (χ1n) is 13.6. The number of aryl methyl sites for hydroxylation is 2. The van der Waals surface area contributed by atoms with Crippen LogP contribution in [0.25, 0.3) is 22.2 Å². The molecular weight excluding hydrogens is 518 g/mol. The van der Waals surface area contributed by atoms with E-state index in [-0.39, 0.29) is 30.4 Å². The van der Waals surface area contributed by atoms with Gasteiger partial charge in [0.05, 0.1) is 22.8 Å². The van der Waals surface area contributed by atoms with Crippen LogP contribution >= 0.6 is 0 Å². The molecule has 2 aromatic heterocycles. The number of imidazole rings is 1. The number of fused-ring (bicyclic) bond motifs is 1. The molecule has 10 heteroatoms. The highest BCUT2D eigenvalue weighted by atomic mass is 19.2. The van der Waals surface area contributed by atoms with Crippen LogP contribution in [0.2, 0.25) is 0 Å². The molecule has 3 heterocycles. The minimum absolute atomic E-state index is 0.0687. The number of carbonyl (C=O) groups excluding carboxylic acids is 2. The SMILES string of the molecule is CC(=O)OC1CCC(n2c([C@@H]3CCC(=O)N3c3ccc(F)c(F)c3)nc3cc(-c4c(C)noc4C)ccc32)CC1. The molecule has 4 aromatic rings. The molecule has 1 aliphatic heterocycles. The maximum absolute atomic E-state index is 14.2. The van der Waals surface area contributed by atoms with Crippen molar-refractivity contribution < 1.29 is 27.6 Å². The van der Waals surface area contributed by atoms with Crippen molar-refractivity contribution in [2.45, 2.75) is 77.5 Å². The summed E-state index contributed by atoms with van der Waals surface area (Å²) in [6.45, 7) is 5.19. The molecule has 0 N–H and O–H groups in total. The van der Waals surface area contributed by atoms with Gasteiger partial charge < -0.3 is 18.7 Å². The maximum atomic E-state index is 14.2. The van der Waals surface area contributed by atoms with Gasteiger partial charge in [-0.2, -0.15) is 0 Å². The number of esters is 1. The summed E-state index contributed by atoms with van der Waals surface area (Å²) < 4.78 is 41.0. The van der Waals surface area contributed by atoms with Gasteiger partial charge in [-0.15, -0.1) is 0 Å². The number of anilines is 1. The Balaban J connectivity index is 1.46. The number of benzene rings is 2. The predicted molar refractivity (Wildman–Crippen MR) is 144 cm³/mol. The van der Waals surface area contributed by atoms with Crippen LogP contribution in [-0.2, 0) is 14.3 Å². The fraction of sp³-hybridized carbons (Fsp3) is 0.400. The van der Waals surface area contributed by atoms with Gasteiger partial charge in [-0.3, -0.25) is 9.59 Å². The second kappa shape index (κ2) is 10.1. The minimum Gasteiger partial charge on any atom is -0.463 e. The van der Waals surface area contributed by atoms with Gasteiger partial charge in [-0.25, -0.2) is 13.8 Å². The van der Waals surface area contributed by atoms with Crippen LogP contribution in [0.3, 0.4) is 0 Å². The summed E-state index contributed by atoms with van der Waals surface area (Å²) in [5, 5.41) is 4.09. The Hall–Kier alpha value is -4.08. The molecule has 40 heavy (non-hydrogen) atoms. The number of ether oxygens (including phenoxy) is 1. The Morgan fingerprint density at radius 3 is 2.48 bits per heavy atom. The Kier molecular flexibility index (Phi) is 6.64. The number of rotatable bonds is 5. The standard InChI is InChI=1S/C30H30F2N4O4/c1-16-29(17(2)40-34-16)19-4-11-26-25(14-19)33-30(36(26)20-5-8-22(9-6-20)39-18(3)37)27-12-13-28(38)35(27)21-7-10-23(31)24(32)15-21/h4,7,10-11,14-15,20,22,27H,5-6,8-9,12-13H2,1-3H3/t20?,22?,27-/m0/s1. The Morgan fingerprint density at radius 2 is 1.80 bits per heavy atom. The van der Waals surface area contributed by atoms with E-state index in [9.17, 15) is 18.4 Å². The lowest BCUT2D eigenvalue weighted by molar-refractivity contribution is -0.148. The van der Waals surface area contributed by atoms with Gasteiger partial charge in [0, 0.05) is 36.7 Å². The summed E-state index contributed by atoms with van der Waals surface area (Å²) >= 11 is 0. The molecule has 1 saturated heterocycles. The van der Waals surface area contributed by atoms with Gasteiger partial charge in [-0.05, 0) is 75.8 Å². The quantitative estimate of drug-likeness (QED) is 0.265. The van der Waals surface area contributed by atoms with Crippen LogP contribution in [0, 0.1) is 25.5 Å².